The lowest BCUT2D eigenvalue weighted by Crippen LogP contribution is -2.56. The first-order chi connectivity index (χ1) is 10.5. The number of hydrogen-bond acceptors (Lipinski definition) is 3. The Morgan fingerprint density at radius 2 is 1.91 bits per heavy atom. The van der Waals surface area contributed by atoms with Crippen LogP contribution in [0.4, 0.5) is 0 Å². The van der Waals surface area contributed by atoms with E-state index in [1.165, 1.54) is 5.56 Å². The van der Waals surface area contributed by atoms with Crippen molar-refractivity contribution in [3.8, 4) is 0 Å². The van der Waals surface area contributed by atoms with E-state index in [0.717, 1.165) is 24.8 Å². The molecule has 0 saturated carbocycles. The summed E-state index contributed by atoms with van der Waals surface area (Å²) in [5.74, 6) is 0.325. The maximum atomic E-state index is 13.1. The average molecular weight is 360 g/mol. The highest BCUT2D eigenvalue weighted by atomic mass is 35.5. The minimum atomic E-state index is -3.44. The molecule has 1 aromatic rings. The molecule has 0 aliphatic carbocycles. The lowest BCUT2D eigenvalue weighted by Gasteiger charge is -2.41. The molecular formula is C16H26ClN3O2S. The predicted molar refractivity (Wildman–Crippen MR) is 94.7 cm³/mol. The normalized spacial score (nSPS) is 26.3. The topological polar surface area (TPSA) is 66.6 Å². The second kappa shape index (κ2) is 7.49. The second-order valence-electron chi connectivity index (χ2n) is 6.39. The molecule has 0 spiro atoms. The van der Waals surface area contributed by atoms with E-state index < -0.39 is 10.2 Å². The predicted octanol–water partition coefficient (Wildman–Crippen LogP) is 1.77. The van der Waals surface area contributed by atoms with E-state index in [0.29, 0.717) is 32.1 Å². The second-order valence-corrected chi connectivity index (χ2v) is 8.27. The summed E-state index contributed by atoms with van der Waals surface area (Å²) in [4.78, 5) is 0. The number of rotatable bonds is 3. The van der Waals surface area contributed by atoms with E-state index >= 15 is 0 Å². The van der Waals surface area contributed by atoms with Crippen LogP contribution in [0.3, 0.4) is 0 Å². The Bertz CT molecular complexity index is 638. The van der Waals surface area contributed by atoms with Crippen LogP contribution in [0, 0.1) is 5.92 Å². The molecule has 1 aromatic carbocycles. The third kappa shape index (κ3) is 3.56. The van der Waals surface area contributed by atoms with Crippen LogP contribution in [0.1, 0.15) is 30.9 Å². The number of benzene rings is 1. The number of piperidine rings is 1. The van der Waals surface area contributed by atoms with Gasteiger partial charge in [-0.15, -0.1) is 12.4 Å². The quantitative estimate of drug-likeness (QED) is 0.894. The van der Waals surface area contributed by atoms with Crippen molar-refractivity contribution in [3.63, 3.8) is 0 Å². The Balaban J connectivity index is 0.00000192. The van der Waals surface area contributed by atoms with Gasteiger partial charge < -0.3 is 5.73 Å². The molecule has 1 fully saturated rings. The van der Waals surface area contributed by atoms with E-state index in [-0.39, 0.29) is 18.4 Å². The van der Waals surface area contributed by atoms with Gasteiger partial charge >= 0.3 is 0 Å². The largest absolute Gasteiger partial charge is 0.329 e. The van der Waals surface area contributed by atoms with Crippen LogP contribution in [0.5, 0.6) is 0 Å². The van der Waals surface area contributed by atoms with Gasteiger partial charge in [-0.2, -0.15) is 17.0 Å². The Hall–Kier alpha value is -0.660. The van der Waals surface area contributed by atoms with E-state index in [1.807, 2.05) is 18.2 Å². The minimum absolute atomic E-state index is 0. The standard InChI is InChI=1S/C16H25N3O2S.ClH/c1-13-5-4-9-19(16(13)11-17)22(20,21)18-10-8-14-6-2-3-7-15(14)12-18;/h2-3,6-7,13,16H,4-5,8-12,17H2,1H3;1H. The molecular weight excluding hydrogens is 334 g/mol. The number of hydrogen-bond donors (Lipinski definition) is 1. The number of halogens is 1. The summed E-state index contributed by atoms with van der Waals surface area (Å²) in [6.07, 6.45) is 2.75. The van der Waals surface area contributed by atoms with Crippen molar-refractivity contribution in [2.75, 3.05) is 19.6 Å². The Kier molecular flexibility index (Phi) is 6.08. The summed E-state index contributed by atoms with van der Waals surface area (Å²) in [6.45, 7) is 4.12. The number of nitrogens with two attached hydrogens (primary N) is 1. The highest BCUT2D eigenvalue weighted by Gasteiger charge is 2.39. The molecule has 1 saturated heterocycles. The summed E-state index contributed by atoms with van der Waals surface area (Å²) in [7, 11) is -3.44. The van der Waals surface area contributed by atoms with Gasteiger partial charge in [0.2, 0.25) is 0 Å². The summed E-state index contributed by atoms with van der Waals surface area (Å²) >= 11 is 0. The fourth-order valence-electron chi connectivity index (χ4n) is 3.66. The van der Waals surface area contributed by atoms with Crippen LogP contribution in [0.15, 0.2) is 24.3 Å². The highest BCUT2D eigenvalue weighted by molar-refractivity contribution is 7.86. The van der Waals surface area contributed by atoms with Crippen molar-refractivity contribution in [1.29, 1.82) is 0 Å². The molecule has 2 N–H and O–H groups in total. The van der Waals surface area contributed by atoms with Crippen LogP contribution in [-0.4, -0.2) is 42.7 Å². The monoisotopic (exact) mass is 359 g/mol. The summed E-state index contributed by atoms with van der Waals surface area (Å²) in [5, 5.41) is 0. The zero-order chi connectivity index (χ0) is 15.7. The molecule has 2 heterocycles. The third-order valence-corrected chi connectivity index (χ3v) is 7.03. The van der Waals surface area contributed by atoms with E-state index in [9.17, 15) is 8.42 Å². The Morgan fingerprint density at radius 3 is 2.61 bits per heavy atom. The van der Waals surface area contributed by atoms with E-state index in [1.54, 1.807) is 8.61 Å². The van der Waals surface area contributed by atoms with Crippen LogP contribution < -0.4 is 5.73 Å². The van der Waals surface area contributed by atoms with Gasteiger partial charge in [-0.1, -0.05) is 31.2 Å². The molecule has 0 aromatic heterocycles. The first kappa shape index (κ1) is 18.7. The fourth-order valence-corrected chi connectivity index (χ4v) is 5.58. The van der Waals surface area contributed by atoms with Gasteiger partial charge in [0.05, 0.1) is 0 Å². The smallest absolute Gasteiger partial charge is 0.282 e. The SMILES string of the molecule is CC1CCCN(S(=O)(=O)N2CCc3ccccc3C2)C1CN.Cl. The van der Waals surface area contributed by atoms with Crippen LogP contribution in [0.25, 0.3) is 0 Å². The number of nitrogens with zero attached hydrogens (tertiary/aromatic N) is 2. The maximum absolute atomic E-state index is 13.1. The molecule has 0 bridgehead atoms. The molecule has 0 radical (unpaired) electrons. The van der Waals surface area contributed by atoms with Crippen LogP contribution in [0.2, 0.25) is 0 Å². The summed E-state index contributed by atoms with van der Waals surface area (Å²) in [5.41, 5.74) is 8.24. The molecule has 130 valence electrons. The maximum Gasteiger partial charge on any atom is 0.282 e. The van der Waals surface area contributed by atoms with Crippen LogP contribution in [-0.2, 0) is 23.2 Å². The van der Waals surface area contributed by atoms with Gasteiger partial charge in [-0.3, -0.25) is 0 Å². The average Bonchev–Trinajstić information content (AvgIpc) is 2.54. The van der Waals surface area contributed by atoms with Crippen molar-refractivity contribution in [2.24, 2.45) is 11.7 Å². The summed E-state index contributed by atoms with van der Waals surface area (Å²) in [6, 6.07) is 8.03. The Morgan fingerprint density at radius 1 is 1.22 bits per heavy atom. The van der Waals surface area contributed by atoms with E-state index in [4.69, 9.17) is 5.73 Å². The fraction of sp³-hybridized carbons (Fsp3) is 0.625. The first-order valence-corrected chi connectivity index (χ1v) is 9.47. The van der Waals surface area contributed by atoms with Gasteiger partial charge in [0, 0.05) is 32.2 Å². The molecule has 7 heteroatoms. The Labute approximate surface area is 145 Å². The van der Waals surface area contributed by atoms with Gasteiger partial charge in [0.25, 0.3) is 10.2 Å². The lowest BCUT2D eigenvalue weighted by atomic mass is 9.93. The van der Waals surface area contributed by atoms with Gasteiger partial charge in [0.1, 0.15) is 0 Å². The first-order valence-electron chi connectivity index (χ1n) is 8.08. The van der Waals surface area contributed by atoms with Gasteiger partial charge in [-0.25, -0.2) is 0 Å². The number of fused-ring (bicyclic) bond motifs is 1. The molecule has 5 nitrogen and oxygen atoms in total. The van der Waals surface area contributed by atoms with Gasteiger partial charge in [0.15, 0.2) is 0 Å². The molecule has 2 unspecified atom stereocenters. The minimum Gasteiger partial charge on any atom is -0.329 e. The van der Waals surface area contributed by atoms with Crippen molar-refractivity contribution < 1.29 is 8.42 Å². The highest BCUT2D eigenvalue weighted by Crippen LogP contribution is 2.29. The lowest BCUT2D eigenvalue weighted by molar-refractivity contribution is 0.178. The third-order valence-electron chi connectivity index (χ3n) is 5.02. The van der Waals surface area contributed by atoms with Crippen molar-refractivity contribution in [3.05, 3.63) is 35.4 Å². The zero-order valence-corrected chi connectivity index (χ0v) is 15.2. The van der Waals surface area contributed by atoms with Crippen molar-refractivity contribution in [2.45, 2.75) is 38.8 Å². The van der Waals surface area contributed by atoms with Crippen LogP contribution >= 0.6 is 12.4 Å². The van der Waals surface area contributed by atoms with Crippen molar-refractivity contribution >= 4 is 22.6 Å². The molecule has 2 atom stereocenters. The zero-order valence-electron chi connectivity index (χ0n) is 13.5. The van der Waals surface area contributed by atoms with E-state index in [2.05, 4.69) is 13.0 Å². The molecule has 3 rings (SSSR count). The summed E-state index contributed by atoms with van der Waals surface area (Å²) < 4.78 is 29.4. The molecule has 2 aliphatic rings. The molecule has 0 amide bonds. The molecule has 23 heavy (non-hydrogen) atoms. The van der Waals surface area contributed by atoms with Gasteiger partial charge in [-0.05, 0) is 36.3 Å². The molecule has 2 aliphatic heterocycles. The van der Waals surface area contributed by atoms with Crippen molar-refractivity contribution in [1.82, 2.24) is 8.61 Å².